The van der Waals surface area contributed by atoms with Gasteiger partial charge in [0.2, 0.25) is 5.91 Å². The number of carbonyl (C=O) groups excluding carboxylic acids is 1. The molecule has 1 fully saturated rings. The highest BCUT2D eigenvalue weighted by molar-refractivity contribution is 5.79. The quantitative estimate of drug-likeness (QED) is 0.589. The molecule has 3 aromatic rings. The summed E-state index contributed by atoms with van der Waals surface area (Å²) in [6.45, 7) is 0.813. The Balaban J connectivity index is 1.45. The third kappa shape index (κ3) is 3.97. The van der Waals surface area contributed by atoms with Crippen LogP contribution in [-0.2, 0) is 24.1 Å². The van der Waals surface area contributed by atoms with Gasteiger partial charge in [-0.1, -0.05) is 66.7 Å². The van der Waals surface area contributed by atoms with Crippen molar-refractivity contribution in [3.63, 3.8) is 0 Å². The number of likely N-dealkylation sites (tertiary alicyclic amines) is 1. The summed E-state index contributed by atoms with van der Waals surface area (Å²) >= 11 is 0. The number of fused-ring (bicyclic) bond motifs is 3. The standard InChI is InChI=1S/C28H29NO2/c1-31-23-13-15-24-22(18-23)12-14-25-26(24)19-29(27(25)16-20-8-4-2-5-9-20)28(30)17-21-10-6-3-7-11-21/h2-11,13,15,18,25-27H,12,14,16-17,19H2,1H3. The van der Waals surface area contributed by atoms with Gasteiger partial charge in [0, 0.05) is 18.5 Å². The second-order valence-corrected chi connectivity index (χ2v) is 8.84. The highest BCUT2D eigenvalue weighted by atomic mass is 16.5. The van der Waals surface area contributed by atoms with E-state index in [1.165, 1.54) is 16.7 Å². The van der Waals surface area contributed by atoms with Crippen molar-refractivity contribution in [2.24, 2.45) is 5.92 Å². The SMILES string of the molecule is COc1ccc2c(c1)CCC1C2CN(C(=O)Cc2ccccc2)C1Cc1ccccc1. The number of hydrogen-bond donors (Lipinski definition) is 0. The summed E-state index contributed by atoms with van der Waals surface area (Å²) < 4.78 is 5.45. The van der Waals surface area contributed by atoms with Gasteiger partial charge in [-0.3, -0.25) is 4.79 Å². The largest absolute Gasteiger partial charge is 0.497 e. The third-order valence-electron chi connectivity index (χ3n) is 7.11. The average Bonchev–Trinajstić information content (AvgIpc) is 3.19. The van der Waals surface area contributed by atoms with Crippen molar-refractivity contribution >= 4 is 5.91 Å². The number of hydrogen-bond acceptors (Lipinski definition) is 2. The molecule has 31 heavy (non-hydrogen) atoms. The van der Waals surface area contributed by atoms with Gasteiger partial charge in [0.05, 0.1) is 13.5 Å². The summed E-state index contributed by atoms with van der Waals surface area (Å²) in [4.78, 5) is 15.7. The molecule has 0 bridgehead atoms. The van der Waals surface area contributed by atoms with Gasteiger partial charge >= 0.3 is 0 Å². The Bertz CT molecular complexity index is 1050. The molecule has 2 aliphatic rings. The molecule has 0 spiro atoms. The molecule has 1 heterocycles. The van der Waals surface area contributed by atoms with Crippen LogP contribution in [0, 0.1) is 5.92 Å². The molecular formula is C28H29NO2. The van der Waals surface area contributed by atoms with Gasteiger partial charge in [0.1, 0.15) is 5.75 Å². The van der Waals surface area contributed by atoms with Crippen LogP contribution in [0.5, 0.6) is 5.75 Å². The van der Waals surface area contributed by atoms with Crippen molar-refractivity contribution in [1.29, 1.82) is 0 Å². The van der Waals surface area contributed by atoms with Crippen LogP contribution in [-0.4, -0.2) is 30.5 Å². The molecule has 1 saturated heterocycles. The van der Waals surface area contributed by atoms with Gasteiger partial charge in [0.25, 0.3) is 0 Å². The predicted molar refractivity (Wildman–Crippen MR) is 123 cm³/mol. The topological polar surface area (TPSA) is 29.5 Å². The van der Waals surface area contributed by atoms with E-state index in [1.54, 1.807) is 7.11 Å². The Hall–Kier alpha value is -3.07. The van der Waals surface area contributed by atoms with Gasteiger partial charge in [-0.2, -0.15) is 0 Å². The van der Waals surface area contributed by atoms with Gasteiger partial charge in [-0.25, -0.2) is 0 Å². The van der Waals surface area contributed by atoms with E-state index in [0.717, 1.165) is 37.1 Å². The summed E-state index contributed by atoms with van der Waals surface area (Å²) in [5.74, 6) is 2.08. The molecule has 1 aliphatic carbocycles. The summed E-state index contributed by atoms with van der Waals surface area (Å²) in [5.41, 5.74) is 5.19. The molecule has 0 radical (unpaired) electrons. The van der Waals surface area contributed by atoms with Crippen LogP contribution in [0.1, 0.15) is 34.6 Å². The number of benzene rings is 3. The minimum Gasteiger partial charge on any atom is -0.497 e. The van der Waals surface area contributed by atoms with E-state index in [1.807, 2.05) is 18.2 Å². The maximum absolute atomic E-state index is 13.5. The van der Waals surface area contributed by atoms with Gasteiger partial charge in [-0.15, -0.1) is 0 Å². The lowest BCUT2D eigenvalue weighted by atomic mass is 9.73. The second kappa shape index (κ2) is 8.58. The van der Waals surface area contributed by atoms with E-state index in [4.69, 9.17) is 4.74 Å². The van der Waals surface area contributed by atoms with Crippen molar-refractivity contribution < 1.29 is 9.53 Å². The summed E-state index contributed by atoms with van der Waals surface area (Å²) in [7, 11) is 1.73. The number of amides is 1. The van der Waals surface area contributed by atoms with Crippen molar-refractivity contribution in [2.75, 3.05) is 13.7 Å². The molecule has 3 aromatic carbocycles. The molecule has 3 heteroatoms. The van der Waals surface area contributed by atoms with E-state index >= 15 is 0 Å². The van der Waals surface area contributed by atoms with Crippen LogP contribution in [0.2, 0.25) is 0 Å². The van der Waals surface area contributed by atoms with Crippen molar-refractivity contribution in [3.05, 3.63) is 101 Å². The molecule has 5 rings (SSSR count). The smallest absolute Gasteiger partial charge is 0.227 e. The zero-order valence-corrected chi connectivity index (χ0v) is 18.0. The Morgan fingerprint density at radius 1 is 0.968 bits per heavy atom. The minimum absolute atomic E-state index is 0.247. The Morgan fingerprint density at radius 2 is 1.68 bits per heavy atom. The molecule has 3 atom stereocenters. The first kappa shape index (κ1) is 19.9. The molecule has 3 nitrogen and oxygen atoms in total. The van der Waals surface area contributed by atoms with E-state index < -0.39 is 0 Å². The van der Waals surface area contributed by atoms with Gasteiger partial charge in [0.15, 0.2) is 0 Å². The predicted octanol–water partition coefficient (Wildman–Crippen LogP) is 5.04. The Kier molecular flexibility index (Phi) is 5.50. The molecule has 1 aliphatic heterocycles. The van der Waals surface area contributed by atoms with Crippen LogP contribution < -0.4 is 4.74 Å². The number of carbonyl (C=O) groups is 1. The third-order valence-corrected chi connectivity index (χ3v) is 7.11. The van der Waals surface area contributed by atoms with Crippen LogP contribution in [0.3, 0.4) is 0 Å². The molecule has 0 aromatic heterocycles. The summed E-state index contributed by atoms with van der Waals surface area (Å²) in [5, 5.41) is 0. The molecular weight excluding hydrogens is 382 g/mol. The number of ether oxygens (including phenoxy) is 1. The molecule has 0 saturated carbocycles. The summed E-state index contributed by atoms with van der Waals surface area (Å²) in [6, 6.07) is 27.5. The van der Waals surface area contributed by atoms with E-state index in [2.05, 4.69) is 65.6 Å². The molecule has 1 amide bonds. The van der Waals surface area contributed by atoms with Crippen molar-refractivity contribution in [2.45, 2.75) is 37.6 Å². The van der Waals surface area contributed by atoms with E-state index in [-0.39, 0.29) is 11.9 Å². The van der Waals surface area contributed by atoms with Crippen LogP contribution >= 0.6 is 0 Å². The Morgan fingerprint density at radius 3 is 2.39 bits per heavy atom. The van der Waals surface area contributed by atoms with Crippen molar-refractivity contribution in [1.82, 2.24) is 4.90 Å². The fourth-order valence-electron chi connectivity index (χ4n) is 5.59. The first-order valence-corrected chi connectivity index (χ1v) is 11.3. The zero-order chi connectivity index (χ0) is 21.2. The maximum Gasteiger partial charge on any atom is 0.227 e. The number of nitrogens with zero attached hydrogens (tertiary/aromatic N) is 1. The van der Waals surface area contributed by atoms with Crippen LogP contribution in [0.4, 0.5) is 0 Å². The first-order chi connectivity index (χ1) is 15.2. The first-order valence-electron chi connectivity index (χ1n) is 11.3. The fraction of sp³-hybridized carbons (Fsp3) is 0.321. The highest BCUT2D eigenvalue weighted by Gasteiger charge is 2.46. The van der Waals surface area contributed by atoms with Gasteiger partial charge < -0.3 is 9.64 Å². The monoisotopic (exact) mass is 411 g/mol. The summed E-state index contributed by atoms with van der Waals surface area (Å²) in [6.07, 6.45) is 3.58. The van der Waals surface area contributed by atoms with Crippen LogP contribution in [0.25, 0.3) is 0 Å². The lowest BCUT2D eigenvalue weighted by molar-refractivity contribution is -0.131. The molecule has 158 valence electrons. The lowest BCUT2D eigenvalue weighted by Crippen LogP contribution is -2.40. The lowest BCUT2D eigenvalue weighted by Gasteiger charge is -2.32. The van der Waals surface area contributed by atoms with Gasteiger partial charge in [-0.05, 0) is 59.6 Å². The molecule has 0 N–H and O–H groups in total. The minimum atomic E-state index is 0.247. The molecule has 3 unspecified atom stereocenters. The van der Waals surface area contributed by atoms with E-state index in [9.17, 15) is 4.79 Å². The average molecular weight is 412 g/mol. The van der Waals surface area contributed by atoms with E-state index in [0.29, 0.717) is 18.3 Å². The number of rotatable bonds is 5. The highest BCUT2D eigenvalue weighted by Crippen LogP contribution is 2.46. The normalized spacial score (nSPS) is 22.0. The number of methoxy groups -OCH3 is 1. The number of aryl methyl sites for hydroxylation is 1. The van der Waals surface area contributed by atoms with Crippen LogP contribution in [0.15, 0.2) is 78.9 Å². The zero-order valence-electron chi connectivity index (χ0n) is 18.0. The Labute approximate surface area is 184 Å². The fourth-order valence-corrected chi connectivity index (χ4v) is 5.59. The van der Waals surface area contributed by atoms with Crippen molar-refractivity contribution in [3.8, 4) is 5.75 Å². The second-order valence-electron chi connectivity index (χ2n) is 8.84. The maximum atomic E-state index is 13.5.